The Morgan fingerprint density at radius 3 is 2.62 bits per heavy atom. The maximum Gasteiger partial charge on any atom is 0.344 e. The van der Waals surface area contributed by atoms with Crippen molar-refractivity contribution < 1.29 is 27.3 Å². The molecule has 166 valence electrons. The largest absolute Gasteiger partial charge is 0.454 e. The van der Waals surface area contributed by atoms with Gasteiger partial charge in [-0.25, -0.2) is 13.2 Å². The molecule has 0 fully saturated rings. The molecule has 0 saturated heterocycles. The highest BCUT2D eigenvalue weighted by molar-refractivity contribution is 7.92. The predicted molar refractivity (Wildman–Crippen MR) is 118 cm³/mol. The number of esters is 1. The summed E-state index contributed by atoms with van der Waals surface area (Å²) in [7, 11) is -3.39. The third kappa shape index (κ3) is 4.29. The Kier molecular flexibility index (Phi) is 5.84. The van der Waals surface area contributed by atoms with Gasteiger partial charge in [0.1, 0.15) is 17.0 Å². The van der Waals surface area contributed by atoms with Crippen LogP contribution in [-0.4, -0.2) is 44.7 Å². The van der Waals surface area contributed by atoms with Gasteiger partial charge in [0.2, 0.25) is 10.0 Å². The molecule has 2 heterocycles. The number of aryl methyl sites for hydroxylation is 2. The van der Waals surface area contributed by atoms with Crippen molar-refractivity contribution in [2.24, 2.45) is 0 Å². The lowest BCUT2D eigenvalue weighted by molar-refractivity contribution is 0.0473. The number of benzene rings is 2. The van der Waals surface area contributed by atoms with Gasteiger partial charge in [-0.1, -0.05) is 35.5 Å². The predicted octanol–water partition coefficient (Wildman–Crippen LogP) is 3.40. The van der Waals surface area contributed by atoms with Crippen molar-refractivity contribution in [1.29, 1.82) is 0 Å². The fraction of sp³-hybridized carbons (Fsp3) is 0.261. The topological polar surface area (TPSA) is 107 Å². The van der Waals surface area contributed by atoms with E-state index in [9.17, 15) is 18.0 Å². The molecule has 0 spiro atoms. The Morgan fingerprint density at radius 1 is 1.16 bits per heavy atom. The molecule has 0 saturated carbocycles. The van der Waals surface area contributed by atoms with Crippen molar-refractivity contribution in [3.63, 3.8) is 0 Å². The number of ketones is 1. The maximum atomic E-state index is 12.7. The molecule has 0 atom stereocenters. The van der Waals surface area contributed by atoms with Crippen LogP contribution in [0.3, 0.4) is 0 Å². The van der Waals surface area contributed by atoms with Crippen LogP contribution in [0.5, 0.6) is 0 Å². The lowest BCUT2D eigenvalue weighted by atomic mass is 9.99. The zero-order valence-corrected chi connectivity index (χ0v) is 18.5. The second-order valence-electron chi connectivity index (χ2n) is 7.61. The van der Waals surface area contributed by atoms with Crippen LogP contribution < -0.4 is 4.31 Å². The summed E-state index contributed by atoms with van der Waals surface area (Å²) >= 11 is 0. The summed E-state index contributed by atoms with van der Waals surface area (Å²) in [4.78, 5) is 25.4. The number of carbonyl (C=O) groups is 2. The van der Waals surface area contributed by atoms with Gasteiger partial charge in [0.25, 0.3) is 0 Å². The van der Waals surface area contributed by atoms with Crippen LogP contribution in [-0.2, 0) is 21.2 Å². The third-order valence-electron chi connectivity index (χ3n) is 5.33. The van der Waals surface area contributed by atoms with E-state index < -0.39 is 22.6 Å². The van der Waals surface area contributed by atoms with E-state index in [1.807, 2.05) is 18.2 Å². The summed E-state index contributed by atoms with van der Waals surface area (Å²) in [6.45, 7) is 1.57. The highest BCUT2D eigenvalue weighted by Crippen LogP contribution is 2.30. The number of aromatic nitrogens is 1. The summed E-state index contributed by atoms with van der Waals surface area (Å²) in [5, 5.41) is 3.95. The van der Waals surface area contributed by atoms with Crippen LogP contribution in [0, 0.1) is 6.92 Å². The number of fused-ring (bicyclic) bond motifs is 1. The van der Waals surface area contributed by atoms with Crippen LogP contribution in [0.1, 0.15) is 38.5 Å². The molecule has 1 aliphatic heterocycles. The molecule has 1 aliphatic rings. The van der Waals surface area contributed by atoms with E-state index in [0.29, 0.717) is 47.7 Å². The highest BCUT2D eigenvalue weighted by atomic mass is 32.2. The average Bonchev–Trinajstić information content (AvgIpc) is 3.17. The minimum absolute atomic E-state index is 0.179. The number of sulfonamides is 1. The van der Waals surface area contributed by atoms with Crippen LogP contribution in [0.25, 0.3) is 11.3 Å². The molecule has 9 heteroatoms. The molecule has 0 bridgehead atoms. The van der Waals surface area contributed by atoms with Gasteiger partial charge in [-0.05, 0) is 43.5 Å². The highest BCUT2D eigenvalue weighted by Gasteiger charge is 2.26. The van der Waals surface area contributed by atoms with Gasteiger partial charge in [-0.3, -0.25) is 9.10 Å². The Labute approximate surface area is 185 Å². The number of ether oxygens (including phenoxy) is 1. The molecule has 0 amide bonds. The van der Waals surface area contributed by atoms with Crippen molar-refractivity contribution in [2.45, 2.75) is 19.8 Å². The summed E-state index contributed by atoms with van der Waals surface area (Å²) in [6, 6.07) is 13.9. The van der Waals surface area contributed by atoms with Crippen molar-refractivity contribution in [3.05, 3.63) is 71.0 Å². The van der Waals surface area contributed by atoms with E-state index in [1.165, 1.54) is 4.31 Å². The number of nitrogens with zero attached hydrogens (tertiary/aromatic N) is 2. The SMILES string of the molecule is Cc1onc(-c2ccccc2)c1C(=O)OCC(=O)c1ccc2c(c1)CCCN2S(C)(=O)=O. The summed E-state index contributed by atoms with van der Waals surface area (Å²) in [5.41, 5.74) is 2.96. The van der Waals surface area contributed by atoms with E-state index in [-0.39, 0.29) is 11.3 Å². The van der Waals surface area contributed by atoms with Crippen molar-refractivity contribution in [1.82, 2.24) is 5.16 Å². The average molecular weight is 455 g/mol. The number of rotatable bonds is 6. The van der Waals surface area contributed by atoms with Gasteiger partial charge in [0, 0.05) is 17.7 Å². The van der Waals surface area contributed by atoms with E-state index in [2.05, 4.69) is 5.16 Å². The van der Waals surface area contributed by atoms with Crippen LogP contribution in [0.2, 0.25) is 0 Å². The first kappa shape index (κ1) is 21.8. The molecule has 32 heavy (non-hydrogen) atoms. The van der Waals surface area contributed by atoms with Crippen molar-refractivity contribution in [2.75, 3.05) is 23.7 Å². The Hall–Kier alpha value is -3.46. The first-order valence-corrected chi connectivity index (χ1v) is 11.9. The van der Waals surface area contributed by atoms with Crippen LogP contribution in [0.15, 0.2) is 53.1 Å². The van der Waals surface area contributed by atoms with Gasteiger partial charge in [-0.15, -0.1) is 0 Å². The quantitative estimate of drug-likeness (QED) is 0.415. The third-order valence-corrected chi connectivity index (χ3v) is 6.51. The Morgan fingerprint density at radius 2 is 1.91 bits per heavy atom. The lowest BCUT2D eigenvalue weighted by Crippen LogP contribution is -2.34. The standard InChI is InChI=1S/C23H22N2O6S/c1-15-21(22(24-31-15)16-7-4-3-5-8-16)23(27)30-14-20(26)18-10-11-19-17(13-18)9-6-12-25(19)32(2,28)29/h3-5,7-8,10-11,13H,6,9,12,14H2,1-2H3. The molecule has 2 aromatic carbocycles. The monoisotopic (exact) mass is 454 g/mol. The zero-order valence-electron chi connectivity index (χ0n) is 17.7. The summed E-state index contributed by atoms with van der Waals surface area (Å²) in [6.07, 6.45) is 2.50. The molecule has 8 nitrogen and oxygen atoms in total. The number of hydrogen-bond acceptors (Lipinski definition) is 7. The summed E-state index contributed by atoms with van der Waals surface area (Å²) in [5.74, 6) is -0.777. The number of anilines is 1. The minimum atomic E-state index is -3.39. The van der Waals surface area contributed by atoms with Gasteiger partial charge < -0.3 is 9.26 Å². The number of Topliss-reactive ketones (excluding diaryl/α,β-unsaturated/α-hetero) is 1. The van der Waals surface area contributed by atoms with Gasteiger partial charge in [0.05, 0.1) is 11.9 Å². The first-order chi connectivity index (χ1) is 15.3. The van der Waals surface area contributed by atoms with Crippen molar-refractivity contribution in [3.8, 4) is 11.3 Å². The van der Waals surface area contributed by atoms with Crippen molar-refractivity contribution >= 4 is 27.5 Å². The second kappa shape index (κ2) is 8.58. The lowest BCUT2D eigenvalue weighted by Gasteiger charge is -2.29. The number of hydrogen-bond donors (Lipinski definition) is 0. The fourth-order valence-corrected chi connectivity index (χ4v) is 4.77. The summed E-state index contributed by atoms with van der Waals surface area (Å²) < 4.78 is 35.8. The molecule has 0 radical (unpaired) electrons. The Bertz CT molecular complexity index is 1280. The van der Waals surface area contributed by atoms with Crippen LogP contribution >= 0.6 is 0 Å². The molecular weight excluding hydrogens is 432 g/mol. The molecule has 3 aromatic rings. The molecule has 4 rings (SSSR count). The normalized spacial score (nSPS) is 13.5. The van der Waals surface area contributed by atoms with Gasteiger partial charge in [-0.2, -0.15) is 0 Å². The molecule has 1 aromatic heterocycles. The van der Waals surface area contributed by atoms with Crippen LogP contribution in [0.4, 0.5) is 5.69 Å². The zero-order chi connectivity index (χ0) is 22.9. The molecule has 0 unspecified atom stereocenters. The Balaban J connectivity index is 1.50. The van der Waals surface area contributed by atoms with E-state index in [0.717, 1.165) is 11.8 Å². The fourth-order valence-electron chi connectivity index (χ4n) is 3.77. The molecule has 0 N–H and O–H groups in total. The molecular formula is C23H22N2O6S. The van der Waals surface area contributed by atoms with E-state index >= 15 is 0 Å². The maximum absolute atomic E-state index is 12.7. The second-order valence-corrected chi connectivity index (χ2v) is 9.52. The van der Waals surface area contributed by atoms with E-state index in [4.69, 9.17) is 9.26 Å². The smallest absolute Gasteiger partial charge is 0.344 e. The minimum Gasteiger partial charge on any atom is -0.454 e. The number of carbonyl (C=O) groups excluding carboxylic acids is 2. The molecule has 0 aliphatic carbocycles. The van der Waals surface area contributed by atoms with E-state index in [1.54, 1.807) is 37.3 Å². The van der Waals surface area contributed by atoms with Gasteiger partial charge in [0.15, 0.2) is 12.4 Å². The first-order valence-electron chi connectivity index (χ1n) is 10.1. The van der Waals surface area contributed by atoms with Gasteiger partial charge >= 0.3 is 5.97 Å².